The van der Waals surface area contributed by atoms with E-state index in [1.54, 1.807) is 12.4 Å². The average Bonchev–Trinajstić information content (AvgIpc) is 2.77. The third-order valence-corrected chi connectivity index (χ3v) is 5.74. The van der Waals surface area contributed by atoms with E-state index in [4.69, 9.17) is 4.74 Å². The normalized spacial score (nSPS) is 12.1. The molecule has 0 fully saturated rings. The van der Waals surface area contributed by atoms with Gasteiger partial charge in [-0.25, -0.2) is 9.97 Å². The van der Waals surface area contributed by atoms with Crippen molar-refractivity contribution in [1.82, 2.24) is 9.97 Å². The van der Waals surface area contributed by atoms with Crippen LogP contribution in [0.5, 0.6) is 5.75 Å². The van der Waals surface area contributed by atoms with Crippen LogP contribution >= 0.6 is 0 Å². The standard InChI is InChI=1S/C27H42N2O/c1-4-6-8-10-11-13-19-30-26-21-28-27(29-22-26)25-17-15-24(16-18-25)20-23(3)14-12-9-7-5-2/h15-18,21-23H,4-14,19-20H2,1-3H3/t23-/m0/s1. The maximum absolute atomic E-state index is 5.79. The van der Waals surface area contributed by atoms with Gasteiger partial charge >= 0.3 is 0 Å². The molecule has 0 aliphatic carbocycles. The minimum atomic E-state index is 0.743. The van der Waals surface area contributed by atoms with E-state index < -0.39 is 0 Å². The third-order valence-electron chi connectivity index (χ3n) is 5.74. The number of aromatic nitrogens is 2. The Kier molecular flexibility index (Phi) is 12.2. The largest absolute Gasteiger partial charge is 0.490 e. The summed E-state index contributed by atoms with van der Waals surface area (Å²) < 4.78 is 5.79. The van der Waals surface area contributed by atoms with Gasteiger partial charge in [0.1, 0.15) is 0 Å². The highest BCUT2D eigenvalue weighted by atomic mass is 16.5. The molecule has 1 heterocycles. The molecule has 0 spiro atoms. The van der Waals surface area contributed by atoms with Crippen molar-refractivity contribution in [3.63, 3.8) is 0 Å². The number of hydrogen-bond donors (Lipinski definition) is 0. The second-order valence-electron chi connectivity index (χ2n) is 8.71. The topological polar surface area (TPSA) is 35.0 Å². The van der Waals surface area contributed by atoms with Crippen molar-refractivity contribution in [2.45, 2.75) is 97.8 Å². The van der Waals surface area contributed by atoms with Crippen molar-refractivity contribution in [3.05, 3.63) is 42.2 Å². The van der Waals surface area contributed by atoms with Crippen LogP contribution in [0.1, 0.15) is 97.0 Å². The first-order chi connectivity index (χ1) is 14.7. The Hall–Kier alpha value is -1.90. The molecule has 1 aromatic carbocycles. The van der Waals surface area contributed by atoms with Crippen LogP contribution in [0.15, 0.2) is 36.7 Å². The molecular weight excluding hydrogens is 368 g/mol. The summed E-state index contributed by atoms with van der Waals surface area (Å²) in [7, 11) is 0. The molecule has 0 aliphatic heterocycles. The SMILES string of the molecule is CCCCCCCCOc1cnc(-c2ccc(C[C@@H](C)CCCCCC)cc2)nc1. The molecule has 1 aromatic heterocycles. The van der Waals surface area contributed by atoms with Crippen molar-refractivity contribution in [3.8, 4) is 17.1 Å². The Labute approximate surface area is 184 Å². The molecule has 1 atom stereocenters. The molecule has 3 heteroatoms. The fourth-order valence-electron chi connectivity index (χ4n) is 3.83. The van der Waals surface area contributed by atoms with E-state index in [2.05, 4.69) is 55.0 Å². The lowest BCUT2D eigenvalue weighted by atomic mass is 9.95. The molecular formula is C27H42N2O. The van der Waals surface area contributed by atoms with Crippen molar-refractivity contribution < 1.29 is 4.74 Å². The van der Waals surface area contributed by atoms with Gasteiger partial charge in [-0.1, -0.05) is 109 Å². The molecule has 166 valence electrons. The molecule has 2 aromatic rings. The molecule has 0 radical (unpaired) electrons. The second-order valence-corrected chi connectivity index (χ2v) is 8.71. The lowest BCUT2D eigenvalue weighted by Gasteiger charge is -2.11. The van der Waals surface area contributed by atoms with Gasteiger partial charge in [0, 0.05) is 5.56 Å². The predicted molar refractivity (Wildman–Crippen MR) is 128 cm³/mol. The van der Waals surface area contributed by atoms with Gasteiger partial charge < -0.3 is 4.74 Å². The van der Waals surface area contributed by atoms with Crippen molar-refractivity contribution in [2.24, 2.45) is 5.92 Å². The summed E-state index contributed by atoms with van der Waals surface area (Å²) in [5, 5.41) is 0. The summed E-state index contributed by atoms with van der Waals surface area (Å²) in [6, 6.07) is 8.74. The molecule has 0 unspecified atom stereocenters. The minimum absolute atomic E-state index is 0.743. The molecule has 0 bridgehead atoms. The first kappa shape index (κ1) is 24.4. The fraction of sp³-hybridized carbons (Fsp3) is 0.630. The number of hydrogen-bond acceptors (Lipinski definition) is 3. The van der Waals surface area contributed by atoms with Gasteiger partial charge in [0.05, 0.1) is 19.0 Å². The van der Waals surface area contributed by atoms with Crippen LogP contribution in [0.4, 0.5) is 0 Å². The molecule has 0 aliphatic rings. The highest BCUT2D eigenvalue weighted by Gasteiger charge is 2.06. The summed E-state index contributed by atoms with van der Waals surface area (Å²) in [5.41, 5.74) is 2.47. The monoisotopic (exact) mass is 410 g/mol. The Morgan fingerprint density at radius 2 is 1.37 bits per heavy atom. The maximum Gasteiger partial charge on any atom is 0.159 e. The van der Waals surface area contributed by atoms with Gasteiger partial charge in [0.2, 0.25) is 0 Å². The van der Waals surface area contributed by atoms with Gasteiger partial charge in [-0.05, 0) is 24.3 Å². The zero-order valence-corrected chi connectivity index (χ0v) is 19.5. The zero-order valence-electron chi connectivity index (χ0n) is 19.5. The predicted octanol–water partition coefficient (Wildman–Crippen LogP) is 8.03. The van der Waals surface area contributed by atoms with Crippen LogP contribution in [0.3, 0.4) is 0 Å². The highest BCUT2D eigenvalue weighted by molar-refractivity contribution is 5.55. The van der Waals surface area contributed by atoms with Crippen molar-refractivity contribution in [2.75, 3.05) is 6.61 Å². The summed E-state index contributed by atoms with van der Waals surface area (Å²) in [6.45, 7) is 7.64. The van der Waals surface area contributed by atoms with Gasteiger partial charge in [-0.2, -0.15) is 0 Å². The minimum Gasteiger partial charge on any atom is -0.490 e. The summed E-state index contributed by atoms with van der Waals surface area (Å²) >= 11 is 0. The van der Waals surface area contributed by atoms with E-state index >= 15 is 0 Å². The second kappa shape index (κ2) is 15.0. The summed E-state index contributed by atoms with van der Waals surface area (Å²) in [5.74, 6) is 2.27. The van der Waals surface area contributed by atoms with E-state index in [1.807, 2.05) is 0 Å². The third kappa shape index (κ3) is 9.73. The molecule has 0 saturated carbocycles. The Bertz CT molecular complexity index is 666. The van der Waals surface area contributed by atoms with E-state index in [9.17, 15) is 0 Å². The fourth-order valence-corrected chi connectivity index (χ4v) is 3.83. The van der Waals surface area contributed by atoms with Gasteiger partial charge in [0.15, 0.2) is 11.6 Å². The van der Waals surface area contributed by atoms with Gasteiger partial charge in [0.25, 0.3) is 0 Å². The van der Waals surface area contributed by atoms with Gasteiger partial charge in [-0.3, -0.25) is 0 Å². The van der Waals surface area contributed by atoms with E-state index in [0.29, 0.717) is 0 Å². The molecule has 30 heavy (non-hydrogen) atoms. The zero-order chi connectivity index (χ0) is 21.4. The van der Waals surface area contributed by atoms with E-state index in [0.717, 1.165) is 42.5 Å². The molecule has 0 N–H and O–H groups in total. The quantitative estimate of drug-likeness (QED) is 0.263. The van der Waals surface area contributed by atoms with Crippen LogP contribution in [-0.4, -0.2) is 16.6 Å². The maximum atomic E-state index is 5.79. The number of ether oxygens (including phenoxy) is 1. The Morgan fingerprint density at radius 1 is 0.767 bits per heavy atom. The van der Waals surface area contributed by atoms with E-state index in [-0.39, 0.29) is 0 Å². The Balaban J connectivity index is 1.73. The summed E-state index contributed by atoms with van der Waals surface area (Å²) in [4.78, 5) is 9.00. The molecule has 2 rings (SSSR count). The molecule has 3 nitrogen and oxygen atoms in total. The summed E-state index contributed by atoms with van der Waals surface area (Å²) in [6.07, 6.45) is 19.1. The lowest BCUT2D eigenvalue weighted by molar-refractivity contribution is 0.302. The van der Waals surface area contributed by atoms with E-state index in [1.165, 1.54) is 69.8 Å². The molecule has 0 amide bonds. The lowest BCUT2D eigenvalue weighted by Crippen LogP contribution is -2.00. The smallest absolute Gasteiger partial charge is 0.159 e. The van der Waals surface area contributed by atoms with Crippen LogP contribution in [0, 0.1) is 5.92 Å². The number of benzene rings is 1. The van der Waals surface area contributed by atoms with Crippen molar-refractivity contribution in [1.29, 1.82) is 0 Å². The van der Waals surface area contributed by atoms with Crippen molar-refractivity contribution >= 4 is 0 Å². The highest BCUT2D eigenvalue weighted by Crippen LogP contribution is 2.20. The van der Waals surface area contributed by atoms with Crippen LogP contribution in [0.25, 0.3) is 11.4 Å². The average molecular weight is 411 g/mol. The van der Waals surface area contributed by atoms with Gasteiger partial charge in [-0.15, -0.1) is 0 Å². The number of unbranched alkanes of at least 4 members (excludes halogenated alkanes) is 8. The van der Waals surface area contributed by atoms with Crippen LogP contribution < -0.4 is 4.74 Å². The van der Waals surface area contributed by atoms with Crippen LogP contribution in [0.2, 0.25) is 0 Å². The molecule has 0 saturated heterocycles. The van der Waals surface area contributed by atoms with Crippen LogP contribution in [-0.2, 0) is 6.42 Å². The first-order valence-corrected chi connectivity index (χ1v) is 12.3. The first-order valence-electron chi connectivity index (χ1n) is 12.3. The number of nitrogens with zero attached hydrogens (tertiary/aromatic N) is 2. The number of rotatable bonds is 16. The Morgan fingerprint density at radius 3 is 2.03 bits per heavy atom.